The third kappa shape index (κ3) is 6.19. The number of nitrogens with one attached hydrogen (secondary N) is 2. The van der Waals surface area contributed by atoms with Crippen LogP contribution < -0.4 is 10.6 Å². The molecule has 0 radical (unpaired) electrons. The topological polar surface area (TPSA) is 58.2 Å². The highest BCUT2D eigenvalue weighted by molar-refractivity contribution is 5.83. The van der Waals surface area contributed by atoms with Crippen LogP contribution in [-0.4, -0.2) is 36.0 Å². The Hall–Kier alpha value is -1.27. The lowest BCUT2D eigenvalue weighted by Crippen LogP contribution is -2.47. The fourth-order valence-electron chi connectivity index (χ4n) is 1.82. The Morgan fingerprint density at radius 2 is 1.32 bits per heavy atom. The SMILES string of the molecule is CC(C)(C)C(=O)NC1(C(F)F)CC1.CC(C)(C)C(=O)NC1(CF)CC1.[HH].[HH]. The molecule has 0 atom stereocenters. The number of amides is 2. The van der Waals surface area contributed by atoms with E-state index >= 15 is 0 Å². The summed E-state index contributed by atoms with van der Waals surface area (Å²) in [5.74, 6) is -0.358. The number of hydrogen-bond donors (Lipinski definition) is 2. The van der Waals surface area contributed by atoms with Crippen molar-refractivity contribution < 1.29 is 25.6 Å². The average Bonchev–Trinajstić information content (AvgIpc) is 3.34. The number of halogens is 3. The van der Waals surface area contributed by atoms with E-state index in [-0.39, 0.29) is 14.7 Å². The molecular formula is C18H35F3N2O2. The van der Waals surface area contributed by atoms with Gasteiger partial charge in [-0.2, -0.15) is 0 Å². The summed E-state index contributed by atoms with van der Waals surface area (Å²) in [5, 5.41) is 5.16. The van der Waals surface area contributed by atoms with Gasteiger partial charge in [0.1, 0.15) is 12.2 Å². The molecule has 2 saturated carbocycles. The predicted molar refractivity (Wildman–Crippen MR) is 95.3 cm³/mol. The van der Waals surface area contributed by atoms with Crippen molar-refractivity contribution in [1.29, 1.82) is 0 Å². The molecule has 150 valence electrons. The maximum absolute atomic E-state index is 12.4. The molecule has 0 aromatic rings. The molecule has 2 amide bonds. The minimum absolute atomic E-state index is 0. The van der Waals surface area contributed by atoms with Crippen LogP contribution in [0.5, 0.6) is 0 Å². The molecule has 4 nitrogen and oxygen atoms in total. The molecule has 0 unspecified atom stereocenters. The van der Waals surface area contributed by atoms with Gasteiger partial charge in [0.2, 0.25) is 11.8 Å². The Bertz CT molecular complexity index is 510. The van der Waals surface area contributed by atoms with Gasteiger partial charge < -0.3 is 10.6 Å². The zero-order valence-electron chi connectivity index (χ0n) is 16.1. The molecule has 0 spiro atoms. The highest BCUT2D eigenvalue weighted by Gasteiger charge is 2.53. The van der Waals surface area contributed by atoms with Gasteiger partial charge >= 0.3 is 0 Å². The molecule has 2 aliphatic rings. The molecule has 7 heteroatoms. The van der Waals surface area contributed by atoms with Crippen molar-refractivity contribution in [2.45, 2.75) is 84.7 Å². The smallest absolute Gasteiger partial charge is 0.261 e. The first-order valence-corrected chi connectivity index (χ1v) is 8.67. The van der Waals surface area contributed by atoms with E-state index in [9.17, 15) is 22.8 Å². The lowest BCUT2D eigenvalue weighted by Gasteiger charge is -2.23. The van der Waals surface area contributed by atoms with Crippen LogP contribution in [0.15, 0.2) is 0 Å². The molecule has 0 aliphatic heterocycles. The Morgan fingerprint density at radius 3 is 1.56 bits per heavy atom. The van der Waals surface area contributed by atoms with Crippen molar-refractivity contribution >= 4 is 11.8 Å². The van der Waals surface area contributed by atoms with Crippen LogP contribution in [-0.2, 0) is 9.59 Å². The highest BCUT2D eigenvalue weighted by atomic mass is 19.3. The van der Waals surface area contributed by atoms with Crippen molar-refractivity contribution in [3.63, 3.8) is 0 Å². The molecule has 0 bridgehead atoms. The van der Waals surface area contributed by atoms with E-state index in [0.717, 1.165) is 12.8 Å². The molecule has 0 aromatic carbocycles. The van der Waals surface area contributed by atoms with E-state index in [1.807, 2.05) is 20.8 Å². The first-order valence-electron chi connectivity index (χ1n) is 8.67. The Morgan fingerprint density at radius 1 is 0.920 bits per heavy atom. The summed E-state index contributed by atoms with van der Waals surface area (Å²) in [6.07, 6.45) is -0.0888. The molecular weight excluding hydrogens is 333 g/mol. The monoisotopic (exact) mass is 368 g/mol. The van der Waals surface area contributed by atoms with Gasteiger partial charge in [0.25, 0.3) is 6.43 Å². The van der Waals surface area contributed by atoms with Gasteiger partial charge in [-0.1, -0.05) is 41.5 Å². The first-order chi connectivity index (χ1) is 11.2. The van der Waals surface area contributed by atoms with E-state index in [4.69, 9.17) is 0 Å². The predicted octanol–water partition coefficient (Wildman–Crippen LogP) is 4.09. The van der Waals surface area contributed by atoms with E-state index in [0.29, 0.717) is 12.8 Å². The van der Waals surface area contributed by atoms with Gasteiger partial charge in [-0.3, -0.25) is 9.59 Å². The molecule has 2 fully saturated rings. The normalized spacial score (nSPS) is 20.2. The minimum Gasteiger partial charge on any atom is -0.348 e. The summed E-state index contributed by atoms with van der Waals surface area (Å²) >= 11 is 0. The molecule has 0 heterocycles. The summed E-state index contributed by atoms with van der Waals surface area (Å²) in [4.78, 5) is 22.8. The number of carbonyl (C=O) groups excluding carboxylic acids is 2. The van der Waals surface area contributed by atoms with Crippen molar-refractivity contribution in [2.75, 3.05) is 6.67 Å². The van der Waals surface area contributed by atoms with Crippen molar-refractivity contribution in [3.8, 4) is 0 Å². The Balaban J connectivity index is 0. The molecule has 0 aromatic heterocycles. The standard InChI is InChI=1S/C9H15F2NO.C9H16FNO.2H2/c1-8(2,3)7(13)12-9(4-5-9)6(10)11;1-8(2,3)7(12)11-9(6-10)4-5-9;;/h6H,4-5H2,1-3H3,(H,12,13);4-6H2,1-3H3,(H,11,12);2*1H. The van der Waals surface area contributed by atoms with Crippen LogP contribution in [0.3, 0.4) is 0 Å². The number of hydrogen-bond acceptors (Lipinski definition) is 2. The lowest BCUT2D eigenvalue weighted by molar-refractivity contribution is -0.131. The summed E-state index contributed by atoms with van der Waals surface area (Å²) in [6.45, 7) is 10.2. The van der Waals surface area contributed by atoms with Gasteiger partial charge in [0.15, 0.2) is 0 Å². The Labute approximate surface area is 151 Å². The van der Waals surface area contributed by atoms with Crippen LogP contribution in [0, 0.1) is 10.8 Å². The van der Waals surface area contributed by atoms with Crippen molar-refractivity contribution in [3.05, 3.63) is 0 Å². The maximum Gasteiger partial charge on any atom is 0.261 e. The molecule has 2 rings (SSSR count). The summed E-state index contributed by atoms with van der Waals surface area (Å²) in [5.41, 5.74) is -2.70. The van der Waals surface area contributed by atoms with E-state index in [2.05, 4.69) is 10.6 Å². The average molecular weight is 368 g/mol. The maximum atomic E-state index is 12.4. The second-order valence-electron chi connectivity index (χ2n) is 9.28. The van der Waals surface area contributed by atoms with Gasteiger partial charge in [-0.25, -0.2) is 13.2 Å². The molecule has 2 N–H and O–H groups in total. The second-order valence-corrected chi connectivity index (χ2v) is 9.28. The van der Waals surface area contributed by atoms with Crippen LogP contribution in [0.2, 0.25) is 0 Å². The summed E-state index contributed by atoms with van der Waals surface area (Å²) in [7, 11) is 0. The Kier molecular flexibility index (Phi) is 6.23. The van der Waals surface area contributed by atoms with Gasteiger partial charge in [-0.15, -0.1) is 0 Å². The molecule has 25 heavy (non-hydrogen) atoms. The van der Waals surface area contributed by atoms with Crippen molar-refractivity contribution in [1.82, 2.24) is 10.6 Å². The van der Waals surface area contributed by atoms with E-state index < -0.39 is 35.0 Å². The number of alkyl halides is 3. The minimum atomic E-state index is -2.45. The van der Waals surface area contributed by atoms with Crippen LogP contribution in [0.4, 0.5) is 13.2 Å². The number of carbonyl (C=O) groups is 2. The van der Waals surface area contributed by atoms with Gasteiger partial charge in [0, 0.05) is 13.7 Å². The lowest BCUT2D eigenvalue weighted by atomic mass is 9.95. The summed E-state index contributed by atoms with van der Waals surface area (Å²) in [6, 6.07) is 0. The van der Waals surface area contributed by atoms with Gasteiger partial charge in [0.05, 0.1) is 5.54 Å². The number of rotatable bonds is 4. The fourth-order valence-corrected chi connectivity index (χ4v) is 1.82. The zero-order valence-corrected chi connectivity index (χ0v) is 16.1. The van der Waals surface area contributed by atoms with E-state index in [1.54, 1.807) is 20.8 Å². The third-order valence-corrected chi connectivity index (χ3v) is 4.42. The van der Waals surface area contributed by atoms with E-state index in [1.165, 1.54) is 0 Å². The quantitative estimate of drug-likeness (QED) is 0.785. The highest BCUT2D eigenvalue weighted by Crippen LogP contribution is 2.41. The van der Waals surface area contributed by atoms with Crippen LogP contribution in [0.25, 0.3) is 0 Å². The van der Waals surface area contributed by atoms with Crippen LogP contribution in [0.1, 0.15) is 70.1 Å². The zero-order chi connectivity index (χ0) is 19.7. The summed E-state index contributed by atoms with van der Waals surface area (Å²) < 4.78 is 37.2. The molecule has 0 saturated heterocycles. The largest absolute Gasteiger partial charge is 0.348 e. The van der Waals surface area contributed by atoms with Crippen LogP contribution >= 0.6 is 0 Å². The first kappa shape index (κ1) is 21.8. The third-order valence-electron chi connectivity index (χ3n) is 4.42. The van der Waals surface area contributed by atoms with Crippen molar-refractivity contribution in [2.24, 2.45) is 10.8 Å². The molecule has 2 aliphatic carbocycles. The second kappa shape index (κ2) is 7.16. The fraction of sp³-hybridized carbons (Fsp3) is 0.889. The van der Waals surface area contributed by atoms with Gasteiger partial charge in [-0.05, 0) is 25.7 Å².